The van der Waals surface area contributed by atoms with E-state index < -0.39 is 40.5 Å². The SMILES string of the molecule is CC1(C)O[C@@H]2[C@@H](CO)C[C@@H](c3cnc(N)[nH]c3=O)[C@]2(C)O1.C[C@@]1(O)[C@H](O)[C@@H](CO)C[C@H]1c1cnc(N)[nH]c1=O.Cl. The Kier molecular flexibility index (Phi) is 9.06. The van der Waals surface area contributed by atoms with E-state index in [4.69, 9.17) is 26.0 Å². The van der Waals surface area contributed by atoms with Crippen molar-refractivity contribution in [2.75, 3.05) is 24.7 Å². The third-order valence-corrected chi connectivity index (χ3v) is 8.30. The van der Waals surface area contributed by atoms with E-state index in [1.807, 2.05) is 20.8 Å². The van der Waals surface area contributed by atoms with Gasteiger partial charge in [0.05, 0.1) is 17.8 Å². The van der Waals surface area contributed by atoms with Crippen molar-refractivity contribution in [2.45, 2.75) is 81.6 Å². The van der Waals surface area contributed by atoms with Crippen LogP contribution in [0.15, 0.2) is 22.0 Å². The van der Waals surface area contributed by atoms with Gasteiger partial charge in [0.1, 0.15) is 5.60 Å². The van der Waals surface area contributed by atoms with E-state index in [1.165, 1.54) is 19.3 Å². The molecule has 0 radical (unpaired) electrons. The van der Waals surface area contributed by atoms with Gasteiger partial charge in [-0.05, 0) is 40.5 Å². The Morgan fingerprint density at radius 2 is 1.40 bits per heavy atom. The van der Waals surface area contributed by atoms with Crippen molar-refractivity contribution < 1.29 is 29.9 Å². The minimum Gasteiger partial charge on any atom is -0.396 e. The van der Waals surface area contributed by atoms with Crippen LogP contribution in [-0.2, 0) is 9.47 Å². The summed E-state index contributed by atoms with van der Waals surface area (Å²) in [4.78, 5) is 36.6. The first-order valence-corrected chi connectivity index (χ1v) is 12.8. The fraction of sp³-hybridized carbons (Fsp3) is 0.680. The molecule has 1 aliphatic heterocycles. The van der Waals surface area contributed by atoms with E-state index in [0.29, 0.717) is 18.4 Å². The highest BCUT2D eigenvalue weighted by atomic mass is 35.5. The molecule has 2 aromatic heterocycles. The Morgan fingerprint density at radius 3 is 1.85 bits per heavy atom. The smallest absolute Gasteiger partial charge is 0.255 e. The minimum absolute atomic E-state index is 0. The molecule has 3 heterocycles. The van der Waals surface area contributed by atoms with Gasteiger partial charge >= 0.3 is 0 Å². The van der Waals surface area contributed by atoms with Crippen molar-refractivity contribution in [3.05, 3.63) is 44.2 Å². The molecule has 3 fully saturated rings. The summed E-state index contributed by atoms with van der Waals surface area (Å²) in [6, 6.07) is 0. The summed E-state index contributed by atoms with van der Waals surface area (Å²) in [6.07, 6.45) is 2.40. The van der Waals surface area contributed by atoms with Gasteiger partial charge in [0, 0.05) is 60.4 Å². The summed E-state index contributed by atoms with van der Waals surface area (Å²) in [5.41, 5.74) is 8.81. The number of rotatable bonds is 4. The molecule has 2 aliphatic carbocycles. The summed E-state index contributed by atoms with van der Waals surface area (Å²) in [6.45, 7) is 6.82. The number of aliphatic hydroxyl groups excluding tert-OH is 3. The van der Waals surface area contributed by atoms with Crippen molar-refractivity contribution >= 4 is 24.3 Å². The van der Waals surface area contributed by atoms with Crippen molar-refractivity contribution in [1.82, 2.24) is 19.9 Å². The van der Waals surface area contributed by atoms with Crippen LogP contribution >= 0.6 is 12.4 Å². The first kappa shape index (κ1) is 31.9. The van der Waals surface area contributed by atoms with Gasteiger partial charge in [0.25, 0.3) is 11.1 Å². The second kappa shape index (κ2) is 11.4. The summed E-state index contributed by atoms with van der Waals surface area (Å²) < 4.78 is 12.1. The second-order valence-electron chi connectivity index (χ2n) is 11.5. The molecule has 0 amide bonds. The zero-order chi connectivity index (χ0) is 28.9. The maximum atomic E-state index is 12.2. The number of nitrogens with zero attached hydrogens (tertiary/aromatic N) is 2. The van der Waals surface area contributed by atoms with Crippen LogP contribution in [-0.4, -0.2) is 82.8 Å². The second-order valence-corrected chi connectivity index (χ2v) is 11.5. The van der Waals surface area contributed by atoms with Crippen LogP contribution < -0.4 is 22.6 Å². The average molecular weight is 587 g/mol. The summed E-state index contributed by atoms with van der Waals surface area (Å²) >= 11 is 0. The molecular formula is C25H39ClN6O8. The number of nitrogens with two attached hydrogens (primary N) is 2. The Balaban J connectivity index is 0.000000218. The standard InChI is InChI=1S/C14H21N3O4.C11H17N3O4.ClH/c1-13(2)20-10-7(6-18)4-9(14(10,3)21-13)8-5-16-12(15)17-11(8)19;1-11(18)7(2-5(4-15)8(11)16)6-3-13-10(12)14-9(6)17;/h5,7,9-10,18H,4,6H2,1-3H3,(H3,15,16,17,19);3,5,7-8,15-16,18H,2,4H2,1H3,(H3,12,13,14,17);1H/t7-,9+,10-,14+;5-,7+,8-,11+;/m11./s1. The molecule has 3 aliphatic rings. The number of fused-ring (bicyclic) bond motifs is 1. The third-order valence-electron chi connectivity index (χ3n) is 8.30. The van der Waals surface area contributed by atoms with E-state index in [-0.39, 0.29) is 66.6 Å². The number of hydrogen-bond donors (Lipinski definition) is 8. The predicted molar refractivity (Wildman–Crippen MR) is 147 cm³/mol. The quantitative estimate of drug-likeness (QED) is 0.222. The topological polar surface area (TPSA) is 243 Å². The van der Waals surface area contributed by atoms with Crippen LogP contribution in [0.5, 0.6) is 0 Å². The van der Waals surface area contributed by atoms with E-state index in [1.54, 1.807) is 0 Å². The predicted octanol–water partition coefficient (Wildman–Crippen LogP) is -0.660. The maximum Gasteiger partial charge on any atom is 0.255 e. The van der Waals surface area contributed by atoms with Crippen molar-refractivity contribution in [3.63, 3.8) is 0 Å². The summed E-state index contributed by atoms with van der Waals surface area (Å²) in [5, 5.41) is 39.0. The molecule has 10 N–H and O–H groups in total. The molecule has 0 spiro atoms. The molecule has 0 bridgehead atoms. The van der Waals surface area contributed by atoms with Crippen LogP contribution in [0.2, 0.25) is 0 Å². The number of aliphatic hydroxyl groups is 4. The van der Waals surface area contributed by atoms with Crippen LogP contribution in [0.4, 0.5) is 11.9 Å². The normalized spacial score (nSPS) is 35.9. The molecule has 0 unspecified atom stereocenters. The first-order chi connectivity index (χ1) is 18.1. The molecule has 2 aromatic rings. The third kappa shape index (κ3) is 5.62. The Hall–Kier alpha value is -2.59. The van der Waals surface area contributed by atoms with Crippen molar-refractivity contribution in [1.29, 1.82) is 0 Å². The molecule has 0 aromatic carbocycles. The Labute approximate surface area is 236 Å². The van der Waals surface area contributed by atoms with E-state index in [2.05, 4.69) is 19.9 Å². The lowest BCUT2D eigenvalue weighted by Gasteiger charge is -2.30. The zero-order valence-electron chi connectivity index (χ0n) is 22.8. The minimum atomic E-state index is -1.47. The van der Waals surface area contributed by atoms with Crippen LogP contribution in [0.1, 0.15) is 63.5 Å². The number of hydrogen-bond acceptors (Lipinski definition) is 12. The first-order valence-electron chi connectivity index (χ1n) is 12.8. The van der Waals surface area contributed by atoms with E-state index in [9.17, 15) is 24.9 Å². The van der Waals surface area contributed by atoms with Crippen LogP contribution in [0.25, 0.3) is 0 Å². The number of nitrogens with one attached hydrogen (secondary N) is 2. The van der Waals surface area contributed by atoms with Crippen molar-refractivity contribution in [3.8, 4) is 0 Å². The fourth-order valence-electron chi connectivity index (χ4n) is 6.44. The highest BCUT2D eigenvalue weighted by Gasteiger charge is 2.62. The molecule has 14 nitrogen and oxygen atoms in total. The largest absolute Gasteiger partial charge is 0.396 e. The van der Waals surface area contributed by atoms with Gasteiger partial charge in [-0.2, -0.15) is 0 Å². The summed E-state index contributed by atoms with van der Waals surface area (Å²) in [5.74, 6) is -1.95. The number of halogens is 1. The highest BCUT2D eigenvalue weighted by Crippen LogP contribution is 2.55. The molecule has 2 saturated carbocycles. The van der Waals surface area contributed by atoms with Crippen molar-refractivity contribution in [2.24, 2.45) is 11.8 Å². The highest BCUT2D eigenvalue weighted by molar-refractivity contribution is 5.85. The van der Waals surface area contributed by atoms with E-state index >= 15 is 0 Å². The number of aromatic nitrogens is 4. The van der Waals surface area contributed by atoms with Crippen LogP contribution in [0, 0.1) is 11.8 Å². The van der Waals surface area contributed by atoms with Gasteiger partial charge in [-0.15, -0.1) is 12.4 Å². The molecule has 1 saturated heterocycles. The lowest BCUT2D eigenvalue weighted by atomic mass is 9.86. The van der Waals surface area contributed by atoms with Gasteiger partial charge in [-0.25, -0.2) is 9.97 Å². The van der Waals surface area contributed by atoms with Gasteiger partial charge in [0.2, 0.25) is 0 Å². The van der Waals surface area contributed by atoms with Gasteiger partial charge < -0.3 is 41.4 Å². The molecule has 40 heavy (non-hydrogen) atoms. The number of H-pyrrole nitrogens is 2. The molecular weight excluding hydrogens is 548 g/mol. The average Bonchev–Trinajstić information content (AvgIpc) is 3.34. The number of ether oxygens (including phenoxy) is 2. The lowest BCUT2D eigenvalue weighted by Crippen LogP contribution is -2.42. The Morgan fingerprint density at radius 1 is 0.925 bits per heavy atom. The molecule has 15 heteroatoms. The lowest BCUT2D eigenvalue weighted by molar-refractivity contribution is -0.172. The Bertz CT molecular complexity index is 1320. The molecule has 5 rings (SSSR count). The monoisotopic (exact) mass is 586 g/mol. The maximum absolute atomic E-state index is 12.2. The summed E-state index contributed by atoms with van der Waals surface area (Å²) in [7, 11) is 0. The molecule has 8 atom stereocenters. The van der Waals surface area contributed by atoms with E-state index in [0.717, 1.165) is 0 Å². The van der Waals surface area contributed by atoms with Gasteiger partial charge in [-0.1, -0.05) is 0 Å². The van der Waals surface area contributed by atoms with Crippen LogP contribution in [0.3, 0.4) is 0 Å². The zero-order valence-corrected chi connectivity index (χ0v) is 23.6. The van der Waals surface area contributed by atoms with Gasteiger partial charge in [-0.3, -0.25) is 19.6 Å². The number of nitrogen functional groups attached to an aromatic ring is 2. The molecule has 224 valence electrons. The number of anilines is 2. The fourth-order valence-corrected chi connectivity index (χ4v) is 6.44. The number of aromatic amines is 2. The van der Waals surface area contributed by atoms with Gasteiger partial charge in [0.15, 0.2) is 17.7 Å².